The van der Waals surface area contributed by atoms with Crippen LogP contribution in [0.2, 0.25) is 0 Å². The van der Waals surface area contributed by atoms with Gasteiger partial charge in [0.05, 0.1) is 13.2 Å². The molecular formula is C26H30N6O2. The SMILES string of the molecule is C=C1COCCN1c1cc(C2CCN(C(=O)CC3CC3)CC2)nc(-c2ccnc3[nH]ccc23)n1. The molecule has 3 fully saturated rings. The van der Waals surface area contributed by atoms with Crippen LogP contribution in [0.3, 0.4) is 0 Å². The number of anilines is 1. The van der Waals surface area contributed by atoms with E-state index in [0.717, 1.165) is 72.7 Å². The second-order valence-corrected chi connectivity index (χ2v) is 9.65. The molecule has 3 aromatic heterocycles. The quantitative estimate of drug-likeness (QED) is 0.624. The van der Waals surface area contributed by atoms with Crippen LogP contribution in [0.4, 0.5) is 5.82 Å². The molecule has 0 aromatic carbocycles. The average molecular weight is 459 g/mol. The summed E-state index contributed by atoms with van der Waals surface area (Å²) in [4.78, 5) is 34.4. The maximum absolute atomic E-state index is 12.6. The number of carbonyl (C=O) groups excluding carboxylic acids is 1. The van der Waals surface area contributed by atoms with Crippen LogP contribution in [0.15, 0.2) is 42.9 Å². The van der Waals surface area contributed by atoms with E-state index < -0.39 is 0 Å². The molecule has 5 heterocycles. The summed E-state index contributed by atoms with van der Waals surface area (Å²) < 4.78 is 5.57. The van der Waals surface area contributed by atoms with E-state index in [-0.39, 0.29) is 0 Å². The third-order valence-corrected chi connectivity index (χ3v) is 7.25. The molecule has 0 unspecified atom stereocenters. The third kappa shape index (κ3) is 4.18. The monoisotopic (exact) mass is 458 g/mol. The first-order valence-corrected chi connectivity index (χ1v) is 12.3. The highest BCUT2D eigenvalue weighted by Crippen LogP contribution is 2.36. The Morgan fingerprint density at radius 2 is 2.00 bits per heavy atom. The van der Waals surface area contributed by atoms with E-state index in [2.05, 4.69) is 27.5 Å². The van der Waals surface area contributed by atoms with Gasteiger partial charge in [-0.15, -0.1) is 0 Å². The zero-order valence-electron chi connectivity index (χ0n) is 19.4. The van der Waals surface area contributed by atoms with Crippen LogP contribution in [-0.4, -0.2) is 63.6 Å². The first kappa shape index (κ1) is 21.3. The number of rotatable bonds is 5. The number of aromatic nitrogens is 4. The Kier molecular flexibility index (Phi) is 5.53. The molecule has 1 N–H and O–H groups in total. The number of aromatic amines is 1. The van der Waals surface area contributed by atoms with Gasteiger partial charge in [-0.25, -0.2) is 15.0 Å². The lowest BCUT2D eigenvalue weighted by molar-refractivity contribution is -0.132. The summed E-state index contributed by atoms with van der Waals surface area (Å²) in [5.74, 6) is 2.81. The van der Waals surface area contributed by atoms with E-state index in [1.165, 1.54) is 12.8 Å². The highest BCUT2D eigenvalue weighted by molar-refractivity contribution is 5.91. The summed E-state index contributed by atoms with van der Waals surface area (Å²) in [6.07, 6.45) is 8.68. The zero-order valence-corrected chi connectivity index (χ0v) is 19.4. The number of nitrogens with zero attached hydrogens (tertiary/aromatic N) is 5. The Morgan fingerprint density at radius 3 is 2.79 bits per heavy atom. The van der Waals surface area contributed by atoms with Gasteiger partial charge in [0, 0.05) is 72.8 Å². The van der Waals surface area contributed by atoms with E-state index >= 15 is 0 Å². The largest absolute Gasteiger partial charge is 0.373 e. The number of nitrogens with one attached hydrogen (secondary N) is 1. The number of amides is 1. The molecule has 1 saturated carbocycles. The molecule has 0 atom stereocenters. The van der Waals surface area contributed by atoms with Crippen molar-refractivity contribution in [2.45, 2.75) is 38.0 Å². The van der Waals surface area contributed by atoms with E-state index in [0.29, 0.717) is 36.8 Å². The first-order valence-electron chi connectivity index (χ1n) is 12.3. The predicted octanol–water partition coefficient (Wildman–Crippen LogP) is 3.88. The maximum atomic E-state index is 12.6. The number of H-pyrrole nitrogens is 1. The molecule has 0 spiro atoms. The second-order valence-electron chi connectivity index (χ2n) is 9.65. The van der Waals surface area contributed by atoms with Crippen LogP contribution in [0, 0.1) is 5.92 Å². The number of carbonyl (C=O) groups is 1. The van der Waals surface area contributed by atoms with Crippen LogP contribution >= 0.6 is 0 Å². The number of ether oxygens (including phenoxy) is 1. The molecule has 8 nitrogen and oxygen atoms in total. The molecule has 0 bridgehead atoms. The summed E-state index contributed by atoms with van der Waals surface area (Å²) in [7, 11) is 0. The van der Waals surface area contributed by atoms with Crippen molar-refractivity contribution in [3.8, 4) is 11.4 Å². The van der Waals surface area contributed by atoms with Crippen molar-refractivity contribution in [1.29, 1.82) is 0 Å². The smallest absolute Gasteiger partial charge is 0.222 e. The molecule has 8 heteroatoms. The van der Waals surface area contributed by atoms with Gasteiger partial charge >= 0.3 is 0 Å². The van der Waals surface area contributed by atoms with Crippen LogP contribution < -0.4 is 4.90 Å². The van der Waals surface area contributed by atoms with Gasteiger partial charge in [-0.2, -0.15) is 0 Å². The van der Waals surface area contributed by atoms with Gasteiger partial charge in [0.15, 0.2) is 5.82 Å². The molecule has 3 aromatic rings. The topological polar surface area (TPSA) is 87.2 Å². The van der Waals surface area contributed by atoms with Crippen LogP contribution in [0.5, 0.6) is 0 Å². The molecule has 1 amide bonds. The summed E-state index contributed by atoms with van der Waals surface area (Å²) >= 11 is 0. The number of piperidine rings is 1. The van der Waals surface area contributed by atoms with Crippen LogP contribution in [0.25, 0.3) is 22.4 Å². The lowest BCUT2D eigenvalue weighted by Gasteiger charge is -2.33. The summed E-state index contributed by atoms with van der Waals surface area (Å²) in [6, 6.07) is 6.11. The Bertz CT molecular complexity index is 1230. The Morgan fingerprint density at radius 1 is 1.15 bits per heavy atom. The molecule has 176 valence electrons. The molecule has 6 rings (SSSR count). The molecule has 34 heavy (non-hydrogen) atoms. The van der Waals surface area contributed by atoms with Crippen molar-refractivity contribution >= 4 is 22.8 Å². The van der Waals surface area contributed by atoms with Gasteiger partial charge in [0.2, 0.25) is 5.91 Å². The van der Waals surface area contributed by atoms with E-state index in [9.17, 15) is 4.79 Å². The lowest BCUT2D eigenvalue weighted by Crippen LogP contribution is -2.38. The molecule has 3 aliphatic rings. The van der Waals surface area contributed by atoms with Gasteiger partial charge in [0.25, 0.3) is 0 Å². The van der Waals surface area contributed by atoms with E-state index in [1.807, 2.05) is 23.2 Å². The lowest BCUT2D eigenvalue weighted by atomic mass is 9.92. The van der Waals surface area contributed by atoms with Crippen molar-refractivity contribution in [2.75, 3.05) is 37.7 Å². The minimum Gasteiger partial charge on any atom is -0.373 e. The summed E-state index contributed by atoms with van der Waals surface area (Å²) in [5, 5.41) is 1.01. The average Bonchev–Trinajstić information content (AvgIpc) is 3.55. The Labute approximate surface area is 199 Å². The Hall–Kier alpha value is -3.26. The zero-order chi connectivity index (χ0) is 23.1. The van der Waals surface area contributed by atoms with Gasteiger partial charge in [0.1, 0.15) is 11.5 Å². The van der Waals surface area contributed by atoms with Crippen molar-refractivity contribution in [2.24, 2.45) is 5.92 Å². The van der Waals surface area contributed by atoms with Crippen LogP contribution in [0.1, 0.15) is 43.7 Å². The molecular weight excluding hydrogens is 428 g/mol. The van der Waals surface area contributed by atoms with Gasteiger partial charge in [-0.05, 0) is 43.7 Å². The minimum atomic E-state index is 0.295. The van der Waals surface area contributed by atoms with Gasteiger partial charge in [-0.3, -0.25) is 4.79 Å². The van der Waals surface area contributed by atoms with E-state index in [4.69, 9.17) is 14.7 Å². The number of likely N-dealkylation sites (tertiary alicyclic amines) is 1. The van der Waals surface area contributed by atoms with Gasteiger partial charge in [-0.1, -0.05) is 6.58 Å². The van der Waals surface area contributed by atoms with E-state index in [1.54, 1.807) is 6.20 Å². The molecule has 2 aliphatic heterocycles. The van der Waals surface area contributed by atoms with Crippen molar-refractivity contribution in [1.82, 2.24) is 24.8 Å². The number of morpholine rings is 1. The fraction of sp³-hybridized carbons (Fsp3) is 0.462. The first-order chi connectivity index (χ1) is 16.7. The standard InChI is InChI=1S/C26H30N6O2/c1-17-16-34-13-12-32(17)23-15-22(19-6-10-31(11-7-19)24(33)14-18-2-3-18)29-26(30-23)21-5-9-28-25-20(21)4-8-27-25/h4-5,8-9,15,18-19H,1-3,6-7,10-14,16H2,(H,27,28). The predicted molar refractivity (Wildman–Crippen MR) is 130 cm³/mol. The summed E-state index contributed by atoms with van der Waals surface area (Å²) in [5.41, 5.74) is 3.73. The number of hydrogen-bond acceptors (Lipinski definition) is 6. The fourth-order valence-corrected chi connectivity index (χ4v) is 5.06. The molecule has 1 aliphatic carbocycles. The molecule has 0 radical (unpaired) electrons. The Balaban J connectivity index is 1.32. The highest BCUT2D eigenvalue weighted by atomic mass is 16.5. The van der Waals surface area contributed by atoms with Gasteiger partial charge < -0.3 is 19.5 Å². The number of hydrogen-bond donors (Lipinski definition) is 1. The normalized spacial score (nSPS) is 19.7. The minimum absolute atomic E-state index is 0.295. The molecule has 2 saturated heterocycles. The van der Waals surface area contributed by atoms with Crippen molar-refractivity contribution in [3.05, 3.63) is 48.6 Å². The summed E-state index contributed by atoms with van der Waals surface area (Å²) in [6.45, 7) is 7.67. The number of pyridine rings is 1. The third-order valence-electron chi connectivity index (χ3n) is 7.25. The maximum Gasteiger partial charge on any atom is 0.222 e. The van der Waals surface area contributed by atoms with Crippen molar-refractivity contribution < 1.29 is 9.53 Å². The second kappa shape index (κ2) is 8.83. The van der Waals surface area contributed by atoms with Crippen molar-refractivity contribution in [3.63, 3.8) is 0 Å². The van der Waals surface area contributed by atoms with Crippen LogP contribution in [-0.2, 0) is 9.53 Å². The fourth-order valence-electron chi connectivity index (χ4n) is 5.06. The number of fused-ring (bicyclic) bond motifs is 1. The highest BCUT2D eigenvalue weighted by Gasteiger charge is 2.30.